The van der Waals surface area contributed by atoms with Crippen LogP contribution < -0.4 is 5.73 Å². The largest absolute Gasteiger partial charge is 0.382 e. The summed E-state index contributed by atoms with van der Waals surface area (Å²) in [5.41, 5.74) is 6.84. The van der Waals surface area contributed by atoms with Gasteiger partial charge in [0.15, 0.2) is 11.6 Å². The predicted octanol–water partition coefficient (Wildman–Crippen LogP) is 2.37. The molecule has 2 aromatic rings. The number of nitrogen functional groups attached to an aromatic ring is 1. The van der Waals surface area contributed by atoms with Gasteiger partial charge in [-0.25, -0.2) is 0 Å². The number of H-pyrrole nitrogens is 1. The Bertz CT molecular complexity index is 549. The second kappa shape index (κ2) is 3.33. The smallest absolute Gasteiger partial charge is 0.168 e. The van der Waals surface area contributed by atoms with Crippen molar-refractivity contribution in [2.75, 3.05) is 5.73 Å². The number of aromatic nitrogens is 2. The van der Waals surface area contributed by atoms with Crippen LogP contribution in [0.25, 0.3) is 10.9 Å². The van der Waals surface area contributed by atoms with E-state index in [0.29, 0.717) is 11.4 Å². The third kappa shape index (κ3) is 1.66. The van der Waals surface area contributed by atoms with E-state index in [4.69, 9.17) is 5.73 Å². The van der Waals surface area contributed by atoms with Crippen molar-refractivity contribution in [2.45, 2.75) is 20.8 Å². The third-order valence-electron chi connectivity index (χ3n) is 2.54. The maximum atomic E-state index is 12.1. The van der Waals surface area contributed by atoms with Crippen LogP contribution in [0, 0.1) is 5.41 Å². The van der Waals surface area contributed by atoms with Crippen molar-refractivity contribution < 1.29 is 4.79 Å². The third-order valence-corrected chi connectivity index (χ3v) is 2.54. The lowest BCUT2D eigenvalue weighted by Gasteiger charge is -2.16. The van der Waals surface area contributed by atoms with E-state index in [0.717, 1.165) is 10.9 Å². The molecule has 0 bridgehead atoms. The van der Waals surface area contributed by atoms with Crippen LogP contribution in [0.4, 0.5) is 5.82 Å². The second-order valence-electron chi connectivity index (χ2n) is 4.95. The van der Waals surface area contributed by atoms with Crippen LogP contribution in [-0.4, -0.2) is 16.0 Å². The molecule has 3 N–H and O–H groups in total. The maximum absolute atomic E-state index is 12.1. The molecule has 0 radical (unpaired) electrons. The highest BCUT2D eigenvalue weighted by atomic mass is 16.1. The number of hydrogen-bond donors (Lipinski definition) is 2. The molecule has 1 aromatic carbocycles. The summed E-state index contributed by atoms with van der Waals surface area (Å²) in [7, 11) is 0. The highest BCUT2D eigenvalue weighted by Gasteiger charge is 2.23. The van der Waals surface area contributed by atoms with Gasteiger partial charge in [-0.05, 0) is 18.2 Å². The summed E-state index contributed by atoms with van der Waals surface area (Å²) >= 11 is 0. The van der Waals surface area contributed by atoms with E-state index in [2.05, 4.69) is 10.2 Å². The van der Waals surface area contributed by atoms with Crippen molar-refractivity contribution >= 4 is 22.5 Å². The molecule has 0 unspecified atom stereocenters. The van der Waals surface area contributed by atoms with Gasteiger partial charge in [-0.15, -0.1) is 0 Å². The molecule has 0 saturated carbocycles. The Hall–Kier alpha value is -1.84. The van der Waals surface area contributed by atoms with Gasteiger partial charge in [0, 0.05) is 16.4 Å². The number of nitrogens with one attached hydrogen (secondary N) is 1. The van der Waals surface area contributed by atoms with Crippen LogP contribution in [0.2, 0.25) is 0 Å². The Labute approximate surface area is 93.8 Å². The highest BCUT2D eigenvalue weighted by Crippen LogP contribution is 2.25. The van der Waals surface area contributed by atoms with Crippen molar-refractivity contribution in [1.82, 2.24) is 10.2 Å². The standard InChI is InChI=1S/C12H15N3O/c1-12(2,3)10(16)7-4-5-9-8(6-7)11(13)15-14-9/h4-6H,1-3H3,(H3,13,14,15). The number of benzene rings is 1. The molecule has 0 aliphatic rings. The molecule has 0 saturated heterocycles. The van der Waals surface area contributed by atoms with Gasteiger partial charge in [-0.2, -0.15) is 5.10 Å². The number of rotatable bonds is 1. The topological polar surface area (TPSA) is 71.8 Å². The van der Waals surface area contributed by atoms with Crippen LogP contribution in [0.5, 0.6) is 0 Å². The minimum Gasteiger partial charge on any atom is -0.382 e. The van der Waals surface area contributed by atoms with Crippen LogP contribution >= 0.6 is 0 Å². The van der Waals surface area contributed by atoms with Crippen molar-refractivity contribution in [3.63, 3.8) is 0 Å². The van der Waals surface area contributed by atoms with E-state index in [1.165, 1.54) is 0 Å². The van der Waals surface area contributed by atoms with E-state index in [9.17, 15) is 4.79 Å². The van der Waals surface area contributed by atoms with Gasteiger partial charge in [-0.3, -0.25) is 9.89 Å². The average Bonchev–Trinajstić information content (AvgIpc) is 2.58. The molecule has 0 aliphatic heterocycles. The van der Waals surface area contributed by atoms with E-state index < -0.39 is 0 Å². The fraction of sp³-hybridized carbons (Fsp3) is 0.333. The molecule has 84 valence electrons. The summed E-state index contributed by atoms with van der Waals surface area (Å²) in [6.45, 7) is 5.70. The summed E-state index contributed by atoms with van der Waals surface area (Å²) in [4.78, 5) is 12.1. The summed E-state index contributed by atoms with van der Waals surface area (Å²) in [6, 6.07) is 5.42. The minimum absolute atomic E-state index is 0.106. The number of nitrogens with two attached hydrogens (primary N) is 1. The van der Waals surface area contributed by atoms with Gasteiger partial charge in [0.05, 0.1) is 5.52 Å². The number of nitrogens with zero attached hydrogens (tertiary/aromatic N) is 1. The van der Waals surface area contributed by atoms with Gasteiger partial charge in [0.25, 0.3) is 0 Å². The summed E-state index contributed by atoms with van der Waals surface area (Å²) < 4.78 is 0. The van der Waals surface area contributed by atoms with Gasteiger partial charge in [-0.1, -0.05) is 20.8 Å². The Morgan fingerprint density at radius 3 is 2.69 bits per heavy atom. The SMILES string of the molecule is CC(C)(C)C(=O)c1ccc2[nH]nc(N)c2c1. The number of anilines is 1. The van der Waals surface area contributed by atoms with Crippen LogP contribution in [0.15, 0.2) is 18.2 Å². The van der Waals surface area contributed by atoms with Gasteiger partial charge in [0.1, 0.15) is 0 Å². The zero-order valence-corrected chi connectivity index (χ0v) is 9.66. The maximum Gasteiger partial charge on any atom is 0.168 e. The molecule has 4 heteroatoms. The number of hydrogen-bond acceptors (Lipinski definition) is 3. The molecule has 1 aromatic heterocycles. The van der Waals surface area contributed by atoms with E-state index in [1.54, 1.807) is 12.1 Å². The Morgan fingerprint density at radius 2 is 2.06 bits per heavy atom. The van der Waals surface area contributed by atoms with Crippen LogP contribution in [0.3, 0.4) is 0 Å². The molecule has 16 heavy (non-hydrogen) atoms. The lowest BCUT2D eigenvalue weighted by atomic mass is 9.86. The monoisotopic (exact) mass is 217 g/mol. The number of ketones is 1. The summed E-state index contributed by atoms with van der Waals surface area (Å²) in [6.07, 6.45) is 0. The van der Waals surface area contributed by atoms with Gasteiger partial charge >= 0.3 is 0 Å². The number of aromatic amines is 1. The number of Topliss-reactive ketones (excluding diaryl/α,β-unsaturated/α-hetero) is 1. The molecule has 2 rings (SSSR count). The van der Waals surface area contributed by atoms with Crippen molar-refractivity contribution in [2.24, 2.45) is 5.41 Å². The molecule has 0 fully saturated rings. The molecule has 0 spiro atoms. The number of fused-ring (bicyclic) bond motifs is 1. The van der Waals surface area contributed by atoms with Crippen molar-refractivity contribution in [3.8, 4) is 0 Å². The lowest BCUT2D eigenvalue weighted by Crippen LogP contribution is -2.19. The summed E-state index contributed by atoms with van der Waals surface area (Å²) in [5, 5.41) is 7.51. The van der Waals surface area contributed by atoms with Crippen LogP contribution in [0.1, 0.15) is 31.1 Å². The molecule has 0 aliphatic carbocycles. The Morgan fingerprint density at radius 1 is 1.38 bits per heavy atom. The fourth-order valence-electron chi connectivity index (χ4n) is 1.61. The van der Waals surface area contributed by atoms with E-state index in [-0.39, 0.29) is 11.2 Å². The molecule has 1 heterocycles. The zero-order chi connectivity index (χ0) is 11.9. The van der Waals surface area contributed by atoms with Crippen molar-refractivity contribution in [3.05, 3.63) is 23.8 Å². The van der Waals surface area contributed by atoms with Crippen molar-refractivity contribution in [1.29, 1.82) is 0 Å². The number of carbonyl (C=O) groups is 1. The van der Waals surface area contributed by atoms with E-state index in [1.807, 2.05) is 26.8 Å². The normalized spacial score (nSPS) is 11.9. The van der Waals surface area contributed by atoms with E-state index >= 15 is 0 Å². The molecular formula is C12H15N3O. The Kier molecular flexibility index (Phi) is 2.22. The molecule has 0 atom stereocenters. The van der Waals surface area contributed by atoms with Gasteiger partial charge in [0.2, 0.25) is 0 Å². The fourth-order valence-corrected chi connectivity index (χ4v) is 1.61. The highest BCUT2D eigenvalue weighted by molar-refractivity contribution is 6.03. The second-order valence-corrected chi connectivity index (χ2v) is 4.95. The first-order chi connectivity index (χ1) is 7.39. The molecule has 0 amide bonds. The minimum atomic E-state index is -0.383. The quantitative estimate of drug-likeness (QED) is 0.720. The van der Waals surface area contributed by atoms with Gasteiger partial charge < -0.3 is 5.73 Å². The predicted molar refractivity (Wildman–Crippen MR) is 64.3 cm³/mol. The first-order valence-electron chi connectivity index (χ1n) is 5.18. The first-order valence-corrected chi connectivity index (χ1v) is 5.18. The van der Waals surface area contributed by atoms with Crippen LogP contribution in [-0.2, 0) is 0 Å². The Balaban J connectivity index is 2.55. The molecule has 4 nitrogen and oxygen atoms in total. The summed E-state index contributed by atoms with van der Waals surface area (Å²) in [5.74, 6) is 0.536. The first kappa shape index (κ1) is 10.7. The average molecular weight is 217 g/mol. The molecular weight excluding hydrogens is 202 g/mol. The zero-order valence-electron chi connectivity index (χ0n) is 9.66. The number of carbonyl (C=O) groups excluding carboxylic acids is 1. The lowest BCUT2D eigenvalue weighted by molar-refractivity contribution is 0.0858.